The Bertz CT molecular complexity index is 479. The molecule has 1 saturated heterocycles. The largest absolute Gasteiger partial charge is 0.355 e. The fourth-order valence-corrected chi connectivity index (χ4v) is 2.30. The molecule has 3 N–H and O–H groups in total. The van der Waals surface area contributed by atoms with Gasteiger partial charge < -0.3 is 16.0 Å². The third-order valence-electron chi connectivity index (χ3n) is 3.47. The van der Waals surface area contributed by atoms with E-state index in [-0.39, 0.29) is 18.4 Å². The third-order valence-corrected chi connectivity index (χ3v) is 3.47. The molecule has 1 unspecified atom stereocenters. The molecule has 0 radical (unpaired) electrons. The highest BCUT2D eigenvalue weighted by molar-refractivity contribution is 5.94. The minimum atomic E-state index is -0.316. The summed E-state index contributed by atoms with van der Waals surface area (Å²) in [5.74, 6) is -0.495. The van der Waals surface area contributed by atoms with Gasteiger partial charge >= 0.3 is 0 Å². The lowest BCUT2D eigenvalue weighted by Gasteiger charge is -2.22. The van der Waals surface area contributed by atoms with Gasteiger partial charge in [-0.1, -0.05) is 6.92 Å². The van der Waals surface area contributed by atoms with Crippen molar-refractivity contribution in [2.45, 2.75) is 32.2 Å². The molecule has 1 aromatic heterocycles. The Hall–Kier alpha value is -1.89. The van der Waals surface area contributed by atoms with Gasteiger partial charge in [-0.2, -0.15) is 5.10 Å². The summed E-state index contributed by atoms with van der Waals surface area (Å²) >= 11 is 0. The van der Waals surface area contributed by atoms with Gasteiger partial charge in [-0.15, -0.1) is 0 Å². The normalized spacial score (nSPS) is 18.2. The highest BCUT2D eigenvalue weighted by atomic mass is 16.2. The average molecular weight is 293 g/mol. The molecule has 1 aromatic rings. The standard InChI is InChI=1S/C14H23N5O2/c1-2-6-16-13(20)10-17-14(21)12-5-8-19(18-12)11-4-3-7-15-9-11/h5,8,11,15H,2-4,6-7,9-10H2,1H3,(H,16,20)(H,17,21). The molecular weight excluding hydrogens is 270 g/mol. The Morgan fingerprint density at radius 3 is 3.05 bits per heavy atom. The third kappa shape index (κ3) is 4.56. The van der Waals surface area contributed by atoms with Crippen molar-refractivity contribution in [1.82, 2.24) is 25.7 Å². The van der Waals surface area contributed by atoms with Crippen molar-refractivity contribution in [3.8, 4) is 0 Å². The molecule has 1 fully saturated rings. The number of nitrogens with zero attached hydrogens (tertiary/aromatic N) is 2. The topological polar surface area (TPSA) is 88.0 Å². The zero-order valence-electron chi connectivity index (χ0n) is 12.4. The minimum absolute atomic E-state index is 0.0172. The lowest BCUT2D eigenvalue weighted by Crippen LogP contribution is -2.37. The first-order chi connectivity index (χ1) is 10.2. The van der Waals surface area contributed by atoms with Crippen LogP contribution in [-0.4, -0.2) is 47.8 Å². The van der Waals surface area contributed by atoms with E-state index in [0.717, 1.165) is 32.4 Å². The summed E-state index contributed by atoms with van der Waals surface area (Å²) in [6, 6.07) is 1.99. The smallest absolute Gasteiger partial charge is 0.272 e. The summed E-state index contributed by atoms with van der Waals surface area (Å²) < 4.78 is 1.83. The van der Waals surface area contributed by atoms with Crippen LogP contribution >= 0.6 is 0 Å². The maximum absolute atomic E-state index is 11.9. The first-order valence-electron chi connectivity index (χ1n) is 7.51. The van der Waals surface area contributed by atoms with Crippen LogP contribution in [0, 0.1) is 0 Å². The molecule has 1 atom stereocenters. The van der Waals surface area contributed by atoms with E-state index in [1.54, 1.807) is 6.07 Å². The Morgan fingerprint density at radius 2 is 2.33 bits per heavy atom. The Kier molecular flexibility index (Phi) is 5.74. The number of aromatic nitrogens is 2. The summed E-state index contributed by atoms with van der Waals surface area (Å²) in [5.41, 5.74) is 0.351. The number of amides is 2. The fraction of sp³-hybridized carbons (Fsp3) is 0.643. The Balaban J connectivity index is 1.82. The van der Waals surface area contributed by atoms with Crippen molar-refractivity contribution in [1.29, 1.82) is 0 Å². The molecule has 0 spiro atoms. The maximum Gasteiger partial charge on any atom is 0.272 e. The SMILES string of the molecule is CCCNC(=O)CNC(=O)c1ccn(C2CCCNC2)n1. The molecule has 21 heavy (non-hydrogen) atoms. The van der Waals surface area contributed by atoms with Gasteiger partial charge in [0.15, 0.2) is 0 Å². The highest BCUT2D eigenvalue weighted by Crippen LogP contribution is 2.15. The van der Waals surface area contributed by atoms with Crippen molar-refractivity contribution in [2.24, 2.45) is 0 Å². The van der Waals surface area contributed by atoms with Crippen LogP contribution in [0.15, 0.2) is 12.3 Å². The number of carbonyl (C=O) groups is 2. The van der Waals surface area contributed by atoms with Gasteiger partial charge in [-0.25, -0.2) is 0 Å². The number of carbonyl (C=O) groups excluding carboxylic acids is 2. The van der Waals surface area contributed by atoms with Crippen LogP contribution in [0.2, 0.25) is 0 Å². The Labute approximate surface area is 124 Å². The summed E-state index contributed by atoms with van der Waals surface area (Å²) in [4.78, 5) is 23.4. The lowest BCUT2D eigenvalue weighted by atomic mass is 10.1. The van der Waals surface area contributed by atoms with Gasteiger partial charge in [-0.3, -0.25) is 14.3 Å². The first-order valence-corrected chi connectivity index (χ1v) is 7.51. The highest BCUT2D eigenvalue weighted by Gasteiger charge is 2.17. The van der Waals surface area contributed by atoms with Gasteiger partial charge in [0.1, 0.15) is 5.69 Å². The molecule has 1 aliphatic heterocycles. The monoisotopic (exact) mass is 293 g/mol. The number of rotatable bonds is 6. The number of piperidine rings is 1. The molecule has 7 heteroatoms. The van der Waals surface area contributed by atoms with E-state index in [4.69, 9.17) is 0 Å². The second-order valence-corrected chi connectivity index (χ2v) is 5.21. The molecule has 116 valence electrons. The predicted octanol–water partition coefficient (Wildman–Crippen LogP) is 0.0636. The van der Waals surface area contributed by atoms with Crippen LogP contribution in [-0.2, 0) is 4.79 Å². The van der Waals surface area contributed by atoms with Crippen molar-refractivity contribution >= 4 is 11.8 Å². The van der Waals surface area contributed by atoms with Gasteiger partial charge in [0.2, 0.25) is 5.91 Å². The molecule has 0 bridgehead atoms. The van der Waals surface area contributed by atoms with Crippen LogP contribution in [0.4, 0.5) is 0 Å². The summed E-state index contributed by atoms with van der Waals surface area (Å²) in [6.45, 7) is 4.50. The van der Waals surface area contributed by atoms with E-state index >= 15 is 0 Å². The van der Waals surface area contributed by atoms with Crippen LogP contribution in [0.25, 0.3) is 0 Å². The van der Waals surface area contributed by atoms with Crippen LogP contribution in [0.5, 0.6) is 0 Å². The van der Waals surface area contributed by atoms with Gasteiger partial charge in [0, 0.05) is 19.3 Å². The number of nitrogens with one attached hydrogen (secondary N) is 3. The number of hydrogen-bond acceptors (Lipinski definition) is 4. The zero-order valence-corrected chi connectivity index (χ0v) is 12.4. The van der Waals surface area contributed by atoms with E-state index in [0.29, 0.717) is 18.3 Å². The quantitative estimate of drug-likeness (QED) is 0.692. The van der Waals surface area contributed by atoms with Gasteiger partial charge in [-0.05, 0) is 31.9 Å². The summed E-state index contributed by atoms with van der Waals surface area (Å²) in [5, 5.41) is 12.9. The zero-order chi connectivity index (χ0) is 15.1. The van der Waals surface area contributed by atoms with E-state index in [2.05, 4.69) is 21.0 Å². The van der Waals surface area contributed by atoms with E-state index in [1.165, 1.54) is 0 Å². The van der Waals surface area contributed by atoms with Crippen LogP contribution in [0.3, 0.4) is 0 Å². The van der Waals surface area contributed by atoms with Crippen molar-refractivity contribution in [3.63, 3.8) is 0 Å². The predicted molar refractivity (Wildman–Crippen MR) is 79.0 cm³/mol. The Morgan fingerprint density at radius 1 is 1.48 bits per heavy atom. The summed E-state index contributed by atoms with van der Waals surface area (Å²) in [7, 11) is 0. The average Bonchev–Trinajstić information content (AvgIpc) is 3.01. The molecular formula is C14H23N5O2. The molecule has 0 aromatic carbocycles. The molecule has 2 amide bonds. The maximum atomic E-state index is 11.9. The van der Waals surface area contributed by atoms with Crippen molar-refractivity contribution < 1.29 is 9.59 Å². The minimum Gasteiger partial charge on any atom is -0.355 e. The lowest BCUT2D eigenvalue weighted by molar-refractivity contribution is -0.120. The summed E-state index contributed by atoms with van der Waals surface area (Å²) in [6.07, 6.45) is 4.88. The fourth-order valence-electron chi connectivity index (χ4n) is 2.30. The molecule has 0 aliphatic carbocycles. The number of hydrogen-bond donors (Lipinski definition) is 3. The second kappa shape index (κ2) is 7.78. The molecule has 1 aliphatic rings. The van der Waals surface area contributed by atoms with Crippen molar-refractivity contribution in [2.75, 3.05) is 26.2 Å². The first kappa shape index (κ1) is 15.5. The van der Waals surface area contributed by atoms with Crippen LogP contribution < -0.4 is 16.0 Å². The van der Waals surface area contributed by atoms with Gasteiger partial charge in [0.05, 0.1) is 12.6 Å². The van der Waals surface area contributed by atoms with E-state index in [1.807, 2.05) is 17.8 Å². The van der Waals surface area contributed by atoms with Gasteiger partial charge in [0.25, 0.3) is 5.91 Å². The molecule has 7 nitrogen and oxygen atoms in total. The van der Waals surface area contributed by atoms with Crippen molar-refractivity contribution in [3.05, 3.63) is 18.0 Å². The molecule has 2 heterocycles. The molecule has 2 rings (SSSR count). The van der Waals surface area contributed by atoms with E-state index < -0.39 is 0 Å². The van der Waals surface area contributed by atoms with E-state index in [9.17, 15) is 9.59 Å². The van der Waals surface area contributed by atoms with Crippen LogP contribution in [0.1, 0.15) is 42.7 Å². The second-order valence-electron chi connectivity index (χ2n) is 5.21. The molecule has 0 saturated carbocycles.